The molecule has 0 aliphatic rings. The average molecular weight is 444 g/mol. The maximum Gasteiger partial charge on any atom is 0.407 e. The van der Waals surface area contributed by atoms with Crippen LogP contribution in [-0.4, -0.2) is 27.3 Å². The number of amides is 1. The first-order valence-electron chi connectivity index (χ1n) is 8.59. The van der Waals surface area contributed by atoms with Gasteiger partial charge in [-0.1, -0.05) is 0 Å². The molecule has 148 valence electrons. The lowest BCUT2D eigenvalue weighted by Crippen LogP contribution is -2.38. The molecule has 0 fully saturated rings. The predicted molar refractivity (Wildman–Crippen MR) is 105 cm³/mol. The highest BCUT2D eigenvalue weighted by Gasteiger charge is 2.17. The molecule has 27 heavy (non-hydrogen) atoms. The first-order valence-corrected chi connectivity index (χ1v) is 9.38. The van der Waals surface area contributed by atoms with Crippen molar-refractivity contribution in [3.8, 4) is 0 Å². The molecule has 1 heterocycles. The summed E-state index contributed by atoms with van der Waals surface area (Å²) in [5.74, 6) is -0.576. The Bertz CT molecular complexity index is 962. The number of hydrogen-bond donors (Lipinski definition) is 2. The van der Waals surface area contributed by atoms with Gasteiger partial charge in [0.05, 0.1) is 15.4 Å². The van der Waals surface area contributed by atoms with E-state index in [1.54, 1.807) is 20.8 Å². The molecule has 2 N–H and O–H groups in total. The monoisotopic (exact) mass is 443 g/mol. The molecule has 9 heteroatoms. The highest BCUT2D eigenvalue weighted by Crippen LogP contribution is 2.19. The molecule has 0 saturated carbocycles. The number of rotatable bonds is 5. The summed E-state index contributed by atoms with van der Waals surface area (Å²) in [5, 5.41) is 2.81. The van der Waals surface area contributed by atoms with Gasteiger partial charge in [-0.25, -0.2) is 14.0 Å². The van der Waals surface area contributed by atoms with Crippen molar-refractivity contribution in [2.24, 2.45) is 0 Å². The number of H-pyrrole nitrogens is 1. The number of benzene rings is 1. The van der Waals surface area contributed by atoms with Crippen LogP contribution in [0.5, 0.6) is 0 Å². The molecular formula is C18H23BrFN3O4. The van der Waals surface area contributed by atoms with Crippen LogP contribution in [0.4, 0.5) is 9.18 Å². The van der Waals surface area contributed by atoms with E-state index < -0.39 is 28.8 Å². The number of carbonyl (C=O) groups is 1. The Morgan fingerprint density at radius 2 is 2.04 bits per heavy atom. The smallest absolute Gasteiger partial charge is 0.407 e. The Morgan fingerprint density at radius 3 is 2.67 bits per heavy atom. The van der Waals surface area contributed by atoms with Crippen molar-refractivity contribution in [3.63, 3.8) is 0 Å². The third-order valence-corrected chi connectivity index (χ3v) is 4.41. The van der Waals surface area contributed by atoms with Crippen molar-refractivity contribution in [3.05, 3.63) is 43.3 Å². The minimum absolute atomic E-state index is 0.107. The van der Waals surface area contributed by atoms with Crippen molar-refractivity contribution in [2.45, 2.75) is 58.7 Å². The van der Waals surface area contributed by atoms with Gasteiger partial charge in [-0.15, -0.1) is 0 Å². The van der Waals surface area contributed by atoms with E-state index in [-0.39, 0.29) is 28.0 Å². The topological polar surface area (TPSA) is 93.2 Å². The minimum Gasteiger partial charge on any atom is -0.444 e. The maximum absolute atomic E-state index is 13.7. The number of nitrogens with one attached hydrogen (secondary N) is 2. The molecule has 1 amide bonds. The van der Waals surface area contributed by atoms with Gasteiger partial charge >= 0.3 is 11.8 Å². The number of aromatic nitrogens is 2. The number of nitrogens with zero attached hydrogens (tertiary/aromatic N) is 1. The molecule has 2 aromatic rings. The third-order valence-electron chi connectivity index (χ3n) is 3.80. The molecule has 0 bridgehead atoms. The normalized spacial score (nSPS) is 12.8. The van der Waals surface area contributed by atoms with E-state index in [4.69, 9.17) is 4.74 Å². The molecule has 1 atom stereocenters. The fourth-order valence-electron chi connectivity index (χ4n) is 2.59. The summed E-state index contributed by atoms with van der Waals surface area (Å²) in [4.78, 5) is 39.0. The summed E-state index contributed by atoms with van der Waals surface area (Å²) in [5.41, 5.74) is -1.42. The molecule has 0 radical (unpaired) electrons. The quantitative estimate of drug-likeness (QED) is 0.741. The summed E-state index contributed by atoms with van der Waals surface area (Å²) < 4.78 is 20.1. The SMILES string of the molecule is CC(CCCn1c(=O)[nH]c2cc(Br)c(F)cc2c1=O)NC(=O)OC(C)(C)C. The highest BCUT2D eigenvalue weighted by molar-refractivity contribution is 9.10. The molecule has 7 nitrogen and oxygen atoms in total. The Hall–Kier alpha value is -2.16. The maximum atomic E-state index is 13.7. The van der Waals surface area contributed by atoms with E-state index in [1.807, 2.05) is 6.92 Å². The van der Waals surface area contributed by atoms with E-state index in [9.17, 15) is 18.8 Å². The standard InChI is InChI=1S/C18H23BrFN3O4/c1-10(21-17(26)27-18(2,3)4)6-5-7-23-15(24)11-8-13(20)12(19)9-14(11)22-16(23)25/h8-10H,5-7H2,1-4H3,(H,21,26)(H,22,25). The van der Waals surface area contributed by atoms with Crippen LogP contribution in [0.25, 0.3) is 10.9 Å². The molecular weight excluding hydrogens is 421 g/mol. The third kappa shape index (κ3) is 5.66. The number of carbonyl (C=O) groups excluding carboxylic acids is 1. The zero-order valence-electron chi connectivity index (χ0n) is 15.7. The lowest BCUT2D eigenvalue weighted by Gasteiger charge is -2.22. The summed E-state index contributed by atoms with van der Waals surface area (Å²) >= 11 is 3.03. The van der Waals surface area contributed by atoms with Gasteiger partial charge < -0.3 is 15.0 Å². The summed E-state index contributed by atoms with van der Waals surface area (Å²) in [6, 6.07) is 2.27. The number of aromatic amines is 1. The molecule has 1 aromatic heterocycles. The van der Waals surface area contributed by atoms with E-state index in [1.165, 1.54) is 6.07 Å². The average Bonchev–Trinajstić information content (AvgIpc) is 2.51. The zero-order valence-corrected chi connectivity index (χ0v) is 17.3. The fraction of sp³-hybridized carbons (Fsp3) is 0.500. The van der Waals surface area contributed by atoms with Gasteiger partial charge in [0.15, 0.2) is 0 Å². The van der Waals surface area contributed by atoms with E-state index in [0.717, 1.165) is 10.6 Å². The number of hydrogen-bond acceptors (Lipinski definition) is 4. The molecule has 1 unspecified atom stereocenters. The van der Waals surface area contributed by atoms with Crippen LogP contribution in [0.3, 0.4) is 0 Å². The van der Waals surface area contributed by atoms with Crippen LogP contribution in [0.1, 0.15) is 40.5 Å². The second-order valence-corrected chi connectivity index (χ2v) is 8.24. The first-order chi connectivity index (χ1) is 12.5. The van der Waals surface area contributed by atoms with Gasteiger partial charge in [-0.2, -0.15) is 0 Å². The van der Waals surface area contributed by atoms with Gasteiger partial charge in [0, 0.05) is 12.6 Å². The van der Waals surface area contributed by atoms with Gasteiger partial charge in [0.1, 0.15) is 11.4 Å². The highest BCUT2D eigenvalue weighted by atomic mass is 79.9. The van der Waals surface area contributed by atoms with Gasteiger partial charge in [-0.3, -0.25) is 9.36 Å². The second-order valence-electron chi connectivity index (χ2n) is 7.39. The molecule has 2 rings (SSSR count). The fourth-order valence-corrected chi connectivity index (χ4v) is 2.93. The lowest BCUT2D eigenvalue weighted by atomic mass is 10.2. The summed E-state index contributed by atoms with van der Waals surface area (Å²) in [6.45, 7) is 7.29. The predicted octanol–water partition coefficient (Wildman–Crippen LogP) is 3.28. The number of ether oxygens (including phenoxy) is 1. The lowest BCUT2D eigenvalue weighted by molar-refractivity contribution is 0.0505. The van der Waals surface area contributed by atoms with Gasteiger partial charge in [0.25, 0.3) is 5.56 Å². The van der Waals surface area contributed by atoms with Crippen molar-refractivity contribution in [2.75, 3.05) is 0 Å². The number of alkyl carbamates (subject to hydrolysis) is 1. The van der Waals surface area contributed by atoms with Crippen LogP contribution < -0.4 is 16.6 Å². The number of fused-ring (bicyclic) bond motifs is 1. The van der Waals surface area contributed by atoms with Crippen molar-refractivity contribution in [1.82, 2.24) is 14.9 Å². The Morgan fingerprint density at radius 1 is 1.37 bits per heavy atom. The summed E-state index contributed by atoms with van der Waals surface area (Å²) in [7, 11) is 0. The molecule has 1 aromatic carbocycles. The largest absolute Gasteiger partial charge is 0.444 e. The molecule has 0 saturated heterocycles. The van der Waals surface area contributed by atoms with Crippen molar-refractivity contribution >= 4 is 32.9 Å². The van der Waals surface area contributed by atoms with Gasteiger partial charge in [-0.05, 0) is 68.6 Å². The van der Waals surface area contributed by atoms with Crippen molar-refractivity contribution < 1.29 is 13.9 Å². The number of halogens is 2. The summed E-state index contributed by atoms with van der Waals surface area (Å²) in [6.07, 6.45) is 0.499. The Balaban J connectivity index is 2.05. The molecule has 0 aliphatic heterocycles. The molecule has 0 spiro atoms. The molecule has 0 aliphatic carbocycles. The van der Waals surface area contributed by atoms with E-state index in [0.29, 0.717) is 12.8 Å². The Kier molecular flexibility index (Phi) is 6.46. The van der Waals surface area contributed by atoms with Crippen LogP contribution in [0.15, 0.2) is 26.2 Å². The van der Waals surface area contributed by atoms with Crippen LogP contribution in [0, 0.1) is 5.82 Å². The van der Waals surface area contributed by atoms with Crippen LogP contribution >= 0.6 is 15.9 Å². The first kappa shape index (κ1) is 21.1. The Labute approximate surface area is 164 Å². The zero-order chi connectivity index (χ0) is 20.4. The second kappa shape index (κ2) is 8.24. The van der Waals surface area contributed by atoms with Crippen LogP contribution in [0.2, 0.25) is 0 Å². The van der Waals surface area contributed by atoms with E-state index in [2.05, 4.69) is 26.2 Å². The van der Waals surface area contributed by atoms with Crippen LogP contribution in [-0.2, 0) is 11.3 Å². The van der Waals surface area contributed by atoms with E-state index >= 15 is 0 Å². The van der Waals surface area contributed by atoms with Crippen molar-refractivity contribution in [1.29, 1.82) is 0 Å². The van der Waals surface area contributed by atoms with Gasteiger partial charge in [0.2, 0.25) is 0 Å². The minimum atomic E-state index is -0.584.